The summed E-state index contributed by atoms with van der Waals surface area (Å²) >= 11 is 0. The van der Waals surface area contributed by atoms with Gasteiger partial charge in [-0.25, -0.2) is 9.80 Å². The quantitative estimate of drug-likeness (QED) is 0.739. The number of carbonyl (C=O) groups is 1. The first-order valence-corrected chi connectivity index (χ1v) is 6.47. The van der Waals surface area contributed by atoms with Crippen LogP contribution in [0.4, 0.5) is 10.5 Å². The van der Waals surface area contributed by atoms with E-state index in [-0.39, 0.29) is 6.03 Å². The summed E-state index contributed by atoms with van der Waals surface area (Å²) in [4.78, 5) is 14.1. The molecule has 0 saturated carbocycles. The Labute approximate surface area is 113 Å². The molecular weight excluding hydrogens is 242 g/mol. The van der Waals surface area contributed by atoms with E-state index in [9.17, 15) is 4.79 Å². The van der Waals surface area contributed by atoms with Gasteiger partial charge in [-0.2, -0.15) is 0 Å². The number of hydrogen-bond acceptors (Lipinski definition) is 4. The van der Waals surface area contributed by atoms with Gasteiger partial charge in [0.25, 0.3) is 0 Å². The molecule has 0 spiro atoms. The highest BCUT2D eigenvalue weighted by molar-refractivity contribution is 5.88. The highest BCUT2D eigenvalue weighted by Gasteiger charge is 2.15. The Morgan fingerprint density at radius 2 is 2.05 bits per heavy atom. The number of anilines is 1. The van der Waals surface area contributed by atoms with Gasteiger partial charge in [0, 0.05) is 38.4 Å². The van der Waals surface area contributed by atoms with Crippen LogP contribution in [0.25, 0.3) is 0 Å². The lowest BCUT2D eigenvalue weighted by atomic mass is 10.2. The number of rotatable bonds is 3. The van der Waals surface area contributed by atoms with Crippen molar-refractivity contribution in [1.29, 1.82) is 0 Å². The van der Waals surface area contributed by atoms with E-state index in [0.717, 1.165) is 37.4 Å². The smallest absolute Gasteiger partial charge is 0.326 e. The monoisotopic (exact) mass is 263 g/mol. The number of benzene rings is 1. The third kappa shape index (κ3) is 4.20. The minimum Gasteiger partial charge on any atom is -0.326 e. The number of carbonyl (C=O) groups excluding carboxylic acids is 1. The van der Waals surface area contributed by atoms with E-state index in [1.165, 1.54) is 0 Å². The summed E-state index contributed by atoms with van der Waals surface area (Å²) in [5, 5.41) is 4.75. The van der Waals surface area contributed by atoms with Gasteiger partial charge in [-0.3, -0.25) is 5.43 Å². The number of amides is 2. The van der Waals surface area contributed by atoms with E-state index in [1.54, 1.807) is 0 Å². The SMILES string of the molecule is CN1CCN(NC(=O)Nc2cccc(CN)c2)CC1. The van der Waals surface area contributed by atoms with Crippen LogP contribution < -0.4 is 16.5 Å². The van der Waals surface area contributed by atoms with Crippen LogP contribution in [0.3, 0.4) is 0 Å². The molecule has 0 atom stereocenters. The maximum absolute atomic E-state index is 11.9. The minimum absolute atomic E-state index is 0.210. The van der Waals surface area contributed by atoms with Crippen molar-refractivity contribution in [3.8, 4) is 0 Å². The van der Waals surface area contributed by atoms with Crippen LogP contribution in [-0.4, -0.2) is 49.2 Å². The number of hydrogen-bond donors (Lipinski definition) is 3. The lowest BCUT2D eigenvalue weighted by Gasteiger charge is -2.32. The van der Waals surface area contributed by atoms with Gasteiger partial charge in [0.05, 0.1) is 0 Å². The van der Waals surface area contributed by atoms with Crippen LogP contribution >= 0.6 is 0 Å². The molecule has 2 rings (SSSR count). The normalized spacial score (nSPS) is 17.2. The van der Waals surface area contributed by atoms with E-state index in [0.29, 0.717) is 6.54 Å². The molecule has 6 nitrogen and oxygen atoms in total. The van der Waals surface area contributed by atoms with Gasteiger partial charge in [0.1, 0.15) is 0 Å². The molecule has 0 aromatic heterocycles. The summed E-state index contributed by atoms with van der Waals surface area (Å²) in [6.45, 7) is 4.07. The first-order valence-electron chi connectivity index (χ1n) is 6.47. The van der Waals surface area contributed by atoms with Gasteiger partial charge in [0.2, 0.25) is 0 Å². The number of hydrazine groups is 1. The second-order valence-electron chi connectivity index (χ2n) is 4.76. The maximum atomic E-state index is 11.9. The zero-order valence-electron chi connectivity index (χ0n) is 11.2. The number of piperazine rings is 1. The van der Waals surface area contributed by atoms with Gasteiger partial charge in [0.15, 0.2) is 0 Å². The highest BCUT2D eigenvalue weighted by atomic mass is 16.2. The molecule has 1 aromatic carbocycles. The Morgan fingerprint density at radius 1 is 1.32 bits per heavy atom. The molecule has 1 heterocycles. The van der Waals surface area contributed by atoms with E-state index >= 15 is 0 Å². The van der Waals surface area contributed by atoms with Gasteiger partial charge in [-0.15, -0.1) is 0 Å². The predicted octanol–water partition coefficient (Wildman–Crippen LogP) is 0.429. The van der Waals surface area contributed by atoms with Crippen LogP contribution in [0.2, 0.25) is 0 Å². The number of nitrogens with zero attached hydrogens (tertiary/aromatic N) is 2. The molecule has 0 radical (unpaired) electrons. The second-order valence-corrected chi connectivity index (χ2v) is 4.76. The summed E-state index contributed by atoms with van der Waals surface area (Å²) in [5.74, 6) is 0. The lowest BCUT2D eigenvalue weighted by Crippen LogP contribution is -2.53. The number of nitrogens with one attached hydrogen (secondary N) is 2. The molecule has 2 amide bonds. The van der Waals surface area contributed by atoms with E-state index in [4.69, 9.17) is 5.73 Å². The van der Waals surface area contributed by atoms with Crippen molar-refractivity contribution in [2.24, 2.45) is 5.73 Å². The van der Waals surface area contributed by atoms with Gasteiger partial charge in [-0.1, -0.05) is 12.1 Å². The van der Waals surface area contributed by atoms with Crippen molar-refractivity contribution >= 4 is 11.7 Å². The van der Waals surface area contributed by atoms with Gasteiger partial charge in [-0.05, 0) is 24.7 Å². The largest absolute Gasteiger partial charge is 0.333 e. The third-order valence-electron chi connectivity index (χ3n) is 3.18. The van der Waals surface area contributed by atoms with Crippen molar-refractivity contribution in [3.05, 3.63) is 29.8 Å². The van der Waals surface area contributed by atoms with Crippen molar-refractivity contribution < 1.29 is 4.79 Å². The lowest BCUT2D eigenvalue weighted by molar-refractivity contribution is 0.116. The fraction of sp³-hybridized carbons (Fsp3) is 0.462. The van der Waals surface area contributed by atoms with E-state index in [2.05, 4.69) is 22.7 Å². The Hall–Kier alpha value is -1.63. The second kappa shape index (κ2) is 6.51. The maximum Gasteiger partial charge on any atom is 0.333 e. The molecule has 1 aliphatic heterocycles. The molecule has 19 heavy (non-hydrogen) atoms. The Kier molecular flexibility index (Phi) is 4.73. The summed E-state index contributed by atoms with van der Waals surface area (Å²) < 4.78 is 0. The molecule has 1 aromatic rings. The molecule has 6 heteroatoms. The molecule has 0 aliphatic carbocycles. The fourth-order valence-electron chi connectivity index (χ4n) is 2.00. The van der Waals surface area contributed by atoms with Crippen LogP contribution in [0.1, 0.15) is 5.56 Å². The molecular formula is C13H21N5O. The van der Waals surface area contributed by atoms with Gasteiger partial charge < -0.3 is 16.0 Å². The Balaban J connectivity index is 1.83. The topological polar surface area (TPSA) is 73.6 Å². The van der Waals surface area contributed by atoms with Gasteiger partial charge >= 0.3 is 6.03 Å². The molecule has 0 bridgehead atoms. The first kappa shape index (κ1) is 13.8. The zero-order valence-corrected chi connectivity index (χ0v) is 11.2. The van der Waals surface area contributed by atoms with E-state index < -0.39 is 0 Å². The van der Waals surface area contributed by atoms with Crippen molar-refractivity contribution in [3.63, 3.8) is 0 Å². The average molecular weight is 263 g/mol. The molecule has 4 N–H and O–H groups in total. The van der Waals surface area contributed by atoms with Crippen molar-refractivity contribution in [1.82, 2.24) is 15.3 Å². The zero-order chi connectivity index (χ0) is 13.7. The molecule has 1 saturated heterocycles. The van der Waals surface area contributed by atoms with Crippen LogP contribution in [0.15, 0.2) is 24.3 Å². The fourth-order valence-corrected chi connectivity index (χ4v) is 2.00. The molecule has 0 unspecified atom stereocenters. The van der Waals surface area contributed by atoms with E-state index in [1.807, 2.05) is 29.3 Å². The Bertz CT molecular complexity index is 429. The summed E-state index contributed by atoms with van der Waals surface area (Å²) in [6, 6.07) is 7.34. The predicted molar refractivity (Wildman–Crippen MR) is 75.6 cm³/mol. The van der Waals surface area contributed by atoms with Crippen LogP contribution in [0, 0.1) is 0 Å². The summed E-state index contributed by atoms with van der Waals surface area (Å²) in [7, 11) is 2.08. The summed E-state index contributed by atoms with van der Waals surface area (Å²) in [6.07, 6.45) is 0. The summed E-state index contributed by atoms with van der Waals surface area (Å²) in [5.41, 5.74) is 10.2. The Morgan fingerprint density at radius 3 is 2.74 bits per heavy atom. The van der Waals surface area contributed by atoms with Crippen molar-refractivity contribution in [2.75, 3.05) is 38.5 Å². The van der Waals surface area contributed by atoms with Crippen molar-refractivity contribution in [2.45, 2.75) is 6.54 Å². The standard InChI is InChI=1S/C13H21N5O/c1-17-5-7-18(8-6-17)16-13(19)15-12-4-2-3-11(9-12)10-14/h2-4,9H,5-8,10,14H2,1H3,(H2,15,16,19). The number of likely N-dealkylation sites (N-methyl/N-ethyl adjacent to an activating group) is 1. The van der Waals surface area contributed by atoms with Crippen LogP contribution in [-0.2, 0) is 6.54 Å². The number of urea groups is 1. The first-order chi connectivity index (χ1) is 9.17. The molecule has 104 valence electrons. The average Bonchev–Trinajstić information content (AvgIpc) is 2.41. The third-order valence-corrected chi connectivity index (χ3v) is 3.18. The highest BCUT2D eigenvalue weighted by Crippen LogP contribution is 2.09. The molecule has 1 aliphatic rings. The minimum atomic E-state index is -0.210. The number of nitrogens with two attached hydrogens (primary N) is 1. The molecule has 1 fully saturated rings. The van der Waals surface area contributed by atoms with Crippen LogP contribution in [0.5, 0.6) is 0 Å².